The molecule has 0 spiro atoms. The van der Waals surface area contributed by atoms with Crippen LogP contribution < -0.4 is 0 Å². The van der Waals surface area contributed by atoms with E-state index in [-0.39, 0.29) is 18.6 Å². The zero-order valence-corrected chi connectivity index (χ0v) is 20.3. The number of unbranched alkanes of at least 4 members (excludes halogenated alkanes) is 4. The molecule has 1 heterocycles. The lowest BCUT2D eigenvalue weighted by Gasteiger charge is -2.41. The molecular formula is C27H47F3O2. The highest BCUT2D eigenvalue weighted by atomic mass is 19.4. The largest absolute Gasteiger partial charge is 0.389 e. The van der Waals surface area contributed by atoms with Gasteiger partial charge in [-0.05, 0) is 69.1 Å². The van der Waals surface area contributed by atoms with Gasteiger partial charge in [0, 0.05) is 18.3 Å². The molecule has 1 aliphatic heterocycles. The highest BCUT2D eigenvalue weighted by Gasteiger charge is 2.36. The smallest absolute Gasteiger partial charge is 0.352 e. The van der Waals surface area contributed by atoms with Crippen molar-refractivity contribution in [1.29, 1.82) is 0 Å². The summed E-state index contributed by atoms with van der Waals surface area (Å²) < 4.78 is 48.9. The lowest BCUT2D eigenvalue weighted by atomic mass is 9.68. The van der Waals surface area contributed by atoms with E-state index in [1.165, 1.54) is 89.9 Å². The molecule has 0 unspecified atom stereocenters. The third-order valence-corrected chi connectivity index (χ3v) is 8.54. The minimum atomic E-state index is -4.05. The summed E-state index contributed by atoms with van der Waals surface area (Å²) in [6.07, 6.45) is 15.1. The zero-order valence-electron chi connectivity index (χ0n) is 20.3. The van der Waals surface area contributed by atoms with Gasteiger partial charge in [0.2, 0.25) is 0 Å². The maximum atomic E-state index is 12.3. The normalized spacial score (nSPS) is 34.5. The van der Waals surface area contributed by atoms with Crippen molar-refractivity contribution in [3.05, 3.63) is 0 Å². The Kier molecular flexibility index (Phi) is 11.2. The van der Waals surface area contributed by atoms with Crippen LogP contribution in [0.1, 0.15) is 116 Å². The van der Waals surface area contributed by atoms with Gasteiger partial charge in [-0.15, -0.1) is 0 Å². The summed E-state index contributed by atoms with van der Waals surface area (Å²) in [5, 5.41) is 0. The molecule has 0 aromatic carbocycles. The van der Waals surface area contributed by atoms with Crippen LogP contribution >= 0.6 is 0 Å². The fraction of sp³-hybridized carbons (Fsp3) is 1.00. The third-order valence-electron chi connectivity index (χ3n) is 8.54. The molecule has 32 heavy (non-hydrogen) atoms. The molecule has 0 atom stereocenters. The lowest BCUT2D eigenvalue weighted by Crippen LogP contribution is -2.39. The van der Waals surface area contributed by atoms with E-state index in [9.17, 15) is 13.2 Å². The second kappa shape index (κ2) is 13.6. The summed E-state index contributed by atoms with van der Waals surface area (Å²) in [7, 11) is 0. The van der Waals surface area contributed by atoms with Crippen LogP contribution in [-0.2, 0) is 9.47 Å². The standard InChI is InChI=1S/C27H47F3O2/c1-2-3-4-5-6-8-21-10-12-23(13-11-21)24-14-16-25(17-15-24)26-31-19-22(20-32-26)9-7-18-27(28,29)30/h21-26H,2-20H2,1H3/t21-,22-,23-,24?,25?,26-. The Balaban J connectivity index is 1.25. The zero-order chi connectivity index (χ0) is 22.8. The molecule has 188 valence electrons. The van der Waals surface area contributed by atoms with E-state index < -0.39 is 12.6 Å². The number of halogens is 3. The highest BCUT2D eigenvalue weighted by Crippen LogP contribution is 2.43. The van der Waals surface area contributed by atoms with Crippen molar-refractivity contribution in [1.82, 2.24) is 0 Å². The predicted octanol–water partition coefficient (Wildman–Crippen LogP) is 8.68. The van der Waals surface area contributed by atoms with Gasteiger partial charge in [0.05, 0.1) is 13.2 Å². The van der Waals surface area contributed by atoms with Crippen LogP contribution in [0.25, 0.3) is 0 Å². The Morgan fingerprint density at radius 1 is 0.625 bits per heavy atom. The van der Waals surface area contributed by atoms with Gasteiger partial charge in [0.1, 0.15) is 0 Å². The van der Waals surface area contributed by atoms with E-state index in [0.29, 0.717) is 25.6 Å². The molecule has 2 aliphatic carbocycles. The summed E-state index contributed by atoms with van der Waals surface area (Å²) in [5.74, 6) is 3.39. The van der Waals surface area contributed by atoms with Gasteiger partial charge in [0.25, 0.3) is 0 Å². The minimum Gasteiger partial charge on any atom is -0.352 e. The van der Waals surface area contributed by atoms with Crippen LogP contribution in [0.2, 0.25) is 0 Å². The van der Waals surface area contributed by atoms with Crippen molar-refractivity contribution < 1.29 is 22.6 Å². The monoisotopic (exact) mass is 460 g/mol. The molecule has 0 amide bonds. The van der Waals surface area contributed by atoms with Gasteiger partial charge >= 0.3 is 6.18 Å². The van der Waals surface area contributed by atoms with E-state index in [1.54, 1.807) is 0 Å². The van der Waals surface area contributed by atoms with Gasteiger partial charge in [-0.2, -0.15) is 13.2 Å². The van der Waals surface area contributed by atoms with Crippen molar-refractivity contribution in [2.75, 3.05) is 13.2 Å². The van der Waals surface area contributed by atoms with Crippen molar-refractivity contribution in [2.45, 2.75) is 129 Å². The summed E-state index contributed by atoms with van der Waals surface area (Å²) >= 11 is 0. The minimum absolute atomic E-state index is 0.117. The summed E-state index contributed by atoms with van der Waals surface area (Å²) in [6, 6.07) is 0. The maximum Gasteiger partial charge on any atom is 0.389 e. The summed E-state index contributed by atoms with van der Waals surface area (Å²) in [4.78, 5) is 0. The molecule has 1 saturated heterocycles. The first-order valence-corrected chi connectivity index (χ1v) is 13.7. The fourth-order valence-electron chi connectivity index (χ4n) is 6.46. The van der Waals surface area contributed by atoms with E-state index in [1.807, 2.05) is 0 Å². The van der Waals surface area contributed by atoms with Crippen LogP contribution in [0, 0.1) is 29.6 Å². The van der Waals surface area contributed by atoms with Crippen molar-refractivity contribution in [2.24, 2.45) is 29.6 Å². The second-order valence-corrected chi connectivity index (χ2v) is 11.1. The number of hydrogen-bond acceptors (Lipinski definition) is 2. The van der Waals surface area contributed by atoms with Gasteiger partial charge in [0.15, 0.2) is 6.29 Å². The molecule has 0 aromatic heterocycles. The van der Waals surface area contributed by atoms with Crippen molar-refractivity contribution in [3.8, 4) is 0 Å². The molecular weight excluding hydrogens is 413 g/mol. The molecule has 3 rings (SSSR count). The number of alkyl halides is 3. The second-order valence-electron chi connectivity index (χ2n) is 11.1. The van der Waals surface area contributed by atoms with Gasteiger partial charge in [-0.25, -0.2) is 0 Å². The Labute approximate surface area is 194 Å². The van der Waals surface area contributed by atoms with Crippen LogP contribution in [-0.4, -0.2) is 25.7 Å². The number of ether oxygens (including phenoxy) is 2. The summed E-state index contributed by atoms with van der Waals surface area (Å²) in [6.45, 7) is 3.40. The number of hydrogen-bond donors (Lipinski definition) is 0. The number of rotatable bonds is 11. The maximum absolute atomic E-state index is 12.3. The van der Waals surface area contributed by atoms with Crippen LogP contribution in [0.3, 0.4) is 0 Å². The van der Waals surface area contributed by atoms with Crippen LogP contribution in [0.4, 0.5) is 13.2 Å². The molecule has 5 heteroatoms. The molecule has 2 saturated carbocycles. The van der Waals surface area contributed by atoms with E-state index in [4.69, 9.17) is 9.47 Å². The molecule has 0 aromatic rings. The van der Waals surface area contributed by atoms with Crippen molar-refractivity contribution >= 4 is 0 Å². The van der Waals surface area contributed by atoms with Crippen LogP contribution in [0.15, 0.2) is 0 Å². The first-order valence-electron chi connectivity index (χ1n) is 13.7. The van der Waals surface area contributed by atoms with E-state index >= 15 is 0 Å². The molecule has 2 nitrogen and oxygen atoms in total. The quantitative estimate of drug-likeness (QED) is 0.287. The summed E-state index contributed by atoms with van der Waals surface area (Å²) in [5.41, 5.74) is 0. The molecule has 3 aliphatic rings. The Morgan fingerprint density at radius 2 is 1.16 bits per heavy atom. The van der Waals surface area contributed by atoms with Crippen molar-refractivity contribution in [3.63, 3.8) is 0 Å². The Hall–Kier alpha value is -0.290. The lowest BCUT2D eigenvalue weighted by molar-refractivity contribution is -0.231. The third kappa shape index (κ3) is 9.16. The van der Waals surface area contributed by atoms with Crippen LogP contribution in [0.5, 0.6) is 0 Å². The fourth-order valence-corrected chi connectivity index (χ4v) is 6.46. The molecule has 0 radical (unpaired) electrons. The van der Waals surface area contributed by atoms with Gasteiger partial charge in [-0.1, -0.05) is 58.3 Å². The van der Waals surface area contributed by atoms with Gasteiger partial charge < -0.3 is 9.47 Å². The predicted molar refractivity (Wildman–Crippen MR) is 123 cm³/mol. The first kappa shape index (κ1) is 26.3. The Morgan fingerprint density at radius 3 is 1.75 bits per heavy atom. The molecule has 0 bridgehead atoms. The average Bonchev–Trinajstić information content (AvgIpc) is 2.79. The SMILES string of the molecule is CCCCCCC[C@H]1CC[C@H](C2CCC([C@H]3OC[C@H](CCCC(F)(F)F)CO3)CC2)CC1. The van der Waals surface area contributed by atoms with E-state index in [0.717, 1.165) is 17.8 Å². The average molecular weight is 461 g/mol. The highest BCUT2D eigenvalue weighted by molar-refractivity contribution is 4.83. The van der Waals surface area contributed by atoms with Gasteiger partial charge in [-0.3, -0.25) is 0 Å². The molecule has 0 N–H and O–H groups in total. The first-order chi connectivity index (χ1) is 15.4. The Bertz CT molecular complexity index is 486. The van der Waals surface area contributed by atoms with E-state index in [2.05, 4.69) is 6.92 Å². The topological polar surface area (TPSA) is 18.5 Å². The molecule has 3 fully saturated rings.